The zero-order valence-electron chi connectivity index (χ0n) is 16.1. The molecule has 1 aromatic carbocycles. The highest BCUT2D eigenvalue weighted by Crippen LogP contribution is 2.32. The average Bonchev–Trinajstić information content (AvgIpc) is 3.06. The standard InChI is InChI=1S/C19H27N3O5/c1-19(2,3)27-18(24)20-11-17(23)22-8-6-21(7-9-22)12-14-4-5-15-16(10-14)26-13-25-15/h4-5,10H,6-9,11-13H2,1-3H3,(H,20,24). The molecule has 2 aliphatic heterocycles. The van der Waals surface area contributed by atoms with E-state index < -0.39 is 11.7 Å². The molecule has 1 aromatic rings. The van der Waals surface area contributed by atoms with Crippen molar-refractivity contribution in [2.75, 3.05) is 39.5 Å². The molecule has 1 saturated heterocycles. The maximum absolute atomic E-state index is 12.3. The highest BCUT2D eigenvalue weighted by Gasteiger charge is 2.23. The van der Waals surface area contributed by atoms with E-state index in [0.29, 0.717) is 13.1 Å². The van der Waals surface area contributed by atoms with Crippen molar-refractivity contribution in [3.8, 4) is 11.5 Å². The van der Waals surface area contributed by atoms with Gasteiger partial charge in [0.15, 0.2) is 11.5 Å². The molecule has 2 aliphatic rings. The van der Waals surface area contributed by atoms with Gasteiger partial charge in [-0.3, -0.25) is 9.69 Å². The summed E-state index contributed by atoms with van der Waals surface area (Å²) < 4.78 is 15.9. The predicted molar refractivity (Wildman–Crippen MR) is 98.7 cm³/mol. The summed E-state index contributed by atoms with van der Waals surface area (Å²) in [6, 6.07) is 5.97. The Morgan fingerprint density at radius 1 is 1.11 bits per heavy atom. The molecule has 0 unspecified atom stereocenters. The lowest BCUT2D eigenvalue weighted by Gasteiger charge is -2.34. The van der Waals surface area contributed by atoms with Gasteiger partial charge in [0.2, 0.25) is 12.7 Å². The van der Waals surface area contributed by atoms with Crippen LogP contribution in [0.1, 0.15) is 26.3 Å². The molecule has 0 aliphatic carbocycles. The molecule has 0 bridgehead atoms. The van der Waals surface area contributed by atoms with Crippen molar-refractivity contribution < 1.29 is 23.8 Å². The molecule has 8 nitrogen and oxygen atoms in total. The molecule has 2 heterocycles. The number of carbonyl (C=O) groups is 2. The topological polar surface area (TPSA) is 80.3 Å². The van der Waals surface area contributed by atoms with E-state index in [4.69, 9.17) is 14.2 Å². The van der Waals surface area contributed by atoms with Gasteiger partial charge in [0.25, 0.3) is 0 Å². The first kappa shape index (κ1) is 19.3. The van der Waals surface area contributed by atoms with Crippen LogP contribution >= 0.6 is 0 Å². The number of rotatable bonds is 4. The van der Waals surface area contributed by atoms with Gasteiger partial charge in [-0.25, -0.2) is 4.79 Å². The molecular formula is C19H27N3O5. The Kier molecular flexibility index (Phi) is 5.74. The second kappa shape index (κ2) is 8.04. The molecule has 1 fully saturated rings. The summed E-state index contributed by atoms with van der Waals surface area (Å²) in [6.45, 7) is 9.23. The Morgan fingerprint density at radius 3 is 2.52 bits per heavy atom. The average molecular weight is 377 g/mol. The van der Waals surface area contributed by atoms with Gasteiger partial charge in [0.05, 0.1) is 0 Å². The van der Waals surface area contributed by atoms with Gasteiger partial charge in [0.1, 0.15) is 12.1 Å². The van der Waals surface area contributed by atoms with Crippen LogP contribution in [-0.2, 0) is 16.1 Å². The second-order valence-corrected chi connectivity index (χ2v) is 7.70. The van der Waals surface area contributed by atoms with Gasteiger partial charge in [-0.1, -0.05) is 6.07 Å². The number of fused-ring (bicyclic) bond motifs is 1. The number of piperazine rings is 1. The molecule has 148 valence electrons. The summed E-state index contributed by atoms with van der Waals surface area (Å²) >= 11 is 0. The summed E-state index contributed by atoms with van der Waals surface area (Å²) in [6.07, 6.45) is -0.572. The van der Waals surface area contributed by atoms with Crippen LogP contribution in [0.15, 0.2) is 18.2 Å². The van der Waals surface area contributed by atoms with E-state index in [0.717, 1.165) is 36.7 Å². The first-order chi connectivity index (χ1) is 12.8. The monoisotopic (exact) mass is 377 g/mol. The summed E-state index contributed by atoms with van der Waals surface area (Å²) in [5.74, 6) is 1.48. The number of hydrogen-bond acceptors (Lipinski definition) is 6. The van der Waals surface area contributed by atoms with Crippen molar-refractivity contribution in [1.82, 2.24) is 15.1 Å². The molecule has 0 radical (unpaired) electrons. The second-order valence-electron chi connectivity index (χ2n) is 7.70. The number of nitrogens with zero attached hydrogens (tertiary/aromatic N) is 2. The Balaban J connectivity index is 1.40. The van der Waals surface area contributed by atoms with Gasteiger partial charge in [-0.05, 0) is 38.5 Å². The summed E-state index contributed by atoms with van der Waals surface area (Å²) in [5.41, 5.74) is 0.582. The number of nitrogens with one attached hydrogen (secondary N) is 1. The molecule has 0 atom stereocenters. The zero-order chi connectivity index (χ0) is 19.4. The normalized spacial score (nSPS) is 16.9. The number of hydrogen-bond donors (Lipinski definition) is 1. The van der Waals surface area contributed by atoms with Crippen LogP contribution in [0.25, 0.3) is 0 Å². The lowest BCUT2D eigenvalue weighted by Crippen LogP contribution is -2.51. The first-order valence-electron chi connectivity index (χ1n) is 9.16. The zero-order valence-corrected chi connectivity index (χ0v) is 16.1. The largest absolute Gasteiger partial charge is 0.454 e. The van der Waals surface area contributed by atoms with Crippen LogP contribution < -0.4 is 14.8 Å². The lowest BCUT2D eigenvalue weighted by atomic mass is 10.1. The van der Waals surface area contributed by atoms with E-state index in [2.05, 4.69) is 10.2 Å². The van der Waals surface area contributed by atoms with Crippen molar-refractivity contribution >= 4 is 12.0 Å². The van der Waals surface area contributed by atoms with E-state index in [1.54, 1.807) is 25.7 Å². The van der Waals surface area contributed by atoms with E-state index in [1.165, 1.54) is 0 Å². The summed E-state index contributed by atoms with van der Waals surface area (Å²) in [4.78, 5) is 28.0. The third-order valence-corrected chi connectivity index (χ3v) is 4.35. The fourth-order valence-electron chi connectivity index (χ4n) is 3.03. The third-order valence-electron chi connectivity index (χ3n) is 4.35. The number of ether oxygens (including phenoxy) is 3. The fraction of sp³-hybridized carbons (Fsp3) is 0.579. The van der Waals surface area contributed by atoms with Crippen molar-refractivity contribution in [3.63, 3.8) is 0 Å². The molecule has 3 rings (SSSR count). The van der Waals surface area contributed by atoms with Crippen molar-refractivity contribution in [2.24, 2.45) is 0 Å². The minimum Gasteiger partial charge on any atom is -0.454 e. The van der Waals surface area contributed by atoms with Gasteiger partial charge >= 0.3 is 6.09 Å². The van der Waals surface area contributed by atoms with E-state index >= 15 is 0 Å². The quantitative estimate of drug-likeness (QED) is 0.858. The molecule has 27 heavy (non-hydrogen) atoms. The first-order valence-corrected chi connectivity index (χ1v) is 9.16. The highest BCUT2D eigenvalue weighted by molar-refractivity contribution is 5.82. The van der Waals surface area contributed by atoms with Crippen LogP contribution in [0.4, 0.5) is 4.79 Å². The fourth-order valence-corrected chi connectivity index (χ4v) is 3.03. The van der Waals surface area contributed by atoms with E-state index in [1.807, 2.05) is 18.2 Å². The highest BCUT2D eigenvalue weighted by atomic mass is 16.7. The number of amides is 2. The van der Waals surface area contributed by atoms with Crippen LogP contribution in [0, 0.1) is 0 Å². The predicted octanol–water partition coefficient (Wildman–Crippen LogP) is 1.58. The van der Waals surface area contributed by atoms with Gasteiger partial charge in [0, 0.05) is 32.7 Å². The molecular weight excluding hydrogens is 350 g/mol. The Hall–Kier alpha value is -2.48. The molecule has 1 N–H and O–H groups in total. The Labute approximate surface area is 159 Å². The Bertz CT molecular complexity index is 693. The minimum atomic E-state index is -0.576. The molecule has 2 amide bonds. The number of alkyl carbamates (subject to hydrolysis) is 1. The number of carbonyl (C=O) groups excluding carboxylic acids is 2. The van der Waals surface area contributed by atoms with E-state index in [9.17, 15) is 9.59 Å². The third kappa shape index (κ3) is 5.50. The summed E-state index contributed by atoms with van der Waals surface area (Å²) in [7, 11) is 0. The molecule has 0 aromatic heterocycles. The maximum atomic E-state index is 12.3. The maximum Gasteiger partial charge on any atom is 0.408 e. The number of benzene rings is 1. The smallest absolute Gasteiger partial charge is 0.408 e. The minimum absolute atomic E-state index is 0.0446. The van der Waals surface area contributed by atoms with Gasteiger partial charge in [-0.15, -0.1) is 0 Å². The van der Waals surface area contributed by atoms with Crippen LogP contribution in [0.3, 0.4) is 0 Å². The molecule has 8 heteroatoms. The molecule has 0 saturated carbocycles. The Morgan fingerprint density at radius 2 is 1.81 bits per heavy atom. The van der Waals surface area contributed by atoms with Crippen molar-refractivity contribution in [1.29, 1.82) is 0 Å². The van der Waals surface area contributed by atoms with E-state index in [-0.39, 0.29) is 19.2 Å². The lowest BCUT2D eigenvalue weighted by molar-refractivity contribution is -0.132. The van der Waals surface area contributed by atoms with Gasteiger partial charge in [-0.2, -0.15) is 0 Å². The summed E-state index contributed by atoms with van der Waals surface area (Å²) in [5, 5.41) is 2.52. The van der Waals surface area contributed by atoms with Crippen LogP contribution in [0.5, 0.6) is 11.5 Å². The van der Waals surface area contributed by atoms with Crippen LogP contribution in [-0.4, -0.2) is 66.9 Å². The molecule has 0 spiro atoms. The SMILES string of the molecule is CC(C)(C)OC(=O)NCC(=O)N1CCN(Cc2ccc3c(c2)OCO3)CC1. The van der Waals surface area contributed by atoms with Gasteiger partial charge < -0.3 is 24.4 Å². The van der Waals surface area contributed by atoms with Crippen molar-refractivity contribution in [2.45, 2.75) is 32.9 Å². The van der Waals surface area contributed by atoms with Crippen LogP contribution in [0.2, 0.25) is 0 Å². The van der Waals surface area contributed by atoms with Crippen molar-refractivity contribution in [3.05, 3.63) is 23.8 Å².